The Morgan fingerprint density at radius 3 is 2.87 bits per heavy atom. The molecule has 2 aromatic rings. The highest BCUT2D eigenvalue weighted by Crippen LogP contribution is 2.25. The number of nitrogens with one attached hydrogen (secondary N) is 2. The van der Waals surface area contributed by atoms with Crippen molar-refractivity contribution in [3.05, 3.63) is 35.3 Å². The molecule has 1 amide bonds. The van der Waals surface area contributed by atoms with Gasteiger partial charge in [-0.3, -0.25) is 4.79 Å². The number of piperidine rings is 1. The van der Waals surface area contributed by atoms with E-state index >= 15 is 0 Å². The van der Waals surface area contributed by atoms with Gasteiger partial charge < -0.3 is 15.4 Å². The SMILES string of the molecule is COc1ccc(-c2nc(C(=O)NC3CCNCC3C)cs2)cc1. The van der Waals surface area contributed by atoms with Crippen LogP contribution in [-0.4, -0.2) is 37.1 Å². The van der Waals surface area contributed by atoms with Gasteiger partial charge in [-0.25, -0.2) is 4.98 Å². The average molecular weight is 331 g/mol. The molecule has 1 saturated heterocycles. The smallest absolute Gasteiger partial charge is 0.271 e. The second-order valence-electron chi connectivity index (χ2n) is 5.82. The Bertz CT molecular complexity index is 669. The fourth-order valence-corrected chi connectivity index (χ4v) is 3.52. The third-order valence-electron chi connectivity index (χ3n) is 4.18. The molecule has 1 fully saturated rings. The van der Waals surface area contributed by atoms with Crippen LogP contribution in [0.1, 0.15) is 23.8 Å². The van der Waals surface area contributed by atoms with Crippen LogP contribution in [0.3, 0.4) is 0 Å². The van der Waals surface area contributed by atoms with E-state index in [9.17, 15) is 4.79 Å². The predicted molar refractivity (Wildman–Crippen MR) is 92.0 cm³/mol. The number of nitrogens with zero attached hydrogens (tertiary/aromatic N) is 1. The molecular weight excluding hydrogens is 310 g/mol. The second-order valence-corrected chi connectivity index (χ2v) is 6.67. The summed E-state index contributed by atoms with van der Waals surface area (Å²) in [5.74, 6) is 1.16. The van der Waals surface area contributed by atoms with Crippen LogP contribution in [0.5, 0.6) is 5.75 Å². The minimum atomic E-state index is -0.0836. The van der Waals surface area contributed by atoms with Gasteiger partial charge in [0.25, 0.3) is 5.91 Å². The maximum Gasteiger partial charge on any atom is 0.271 e. The maximum atomic E-state index is 12.4. The first-order chi connectivity index (χ1) is 11.2. The minimum absolute atomic E-state index is 0.0836. The Labute approximate surface area is 140 Å². The molecule has 23 heavy (non-hydrogen) atoms. The Kier molecular flexibility index (Phi) is 4.93. The van der Waals surface area contributed by atoms with Crippen molar-refractivity contribution < 1.29 is 9.53 Å². The summed E-state index contributed by atoms with van der Waals surface area (Å²) in [6, 6.07) is 7.91. The molecule has 2 N–H and O–H groups in total. The van der Waals surface area contributed by atoms with Crippen LogP contribution in [0.15, 0.2) is 29.6 Å². The van der Waals surface area contributed by atoms with E-state index in [0.29, 0.717) is 11.6 Å². The van der Waals surface area contributed by atoms with E-state index in [1.807, 2.05) is 29.6 Å². The van der Waals surface area contributed by atoms with Crippen LogP contribution >= 0.6 is 11.3 Å². The molecule has 0 aliphatic carbocycles. The molecule has 6 heteroatoms. The van der Waals surface area contributed by atoms with Crippen LogP contribution in [-0.2, 0) is 0 Å². The number of hydrogen-bond donors (Lipinski definition) is 2. The van der Waals surface area contributed by atoms with E-state index in [2.05, 4.69) is 22.5 Å². The largest absolute Gasteiger partial charge is 0.497 e. The molecule has 0 bridgehead atoms. The lowest BCUT2D eigenvalue weighted by molar-refractivity contribution is 0.0910. The summed E-state index contributed by atoms with van der Waals surface area (Å²) in [6.07, 6.45) is 0.961. The number of hydrogen-bond acceptors (Lipinski definition) is 5. The van der Waals surface area contributed by atoms with Crippen molar-refractivity contribution in [1.82, 2.24) is 15.6 Å². The predicted octanol–water partition coefficient (Wildman–Crippen LogP) is 2.55. The highest BCUT2D eigenvalue weighted by atomic mass is 32.1. The van der Waals surface area contributed by atoms with Crippen molar-refractivity contribution in [2.75, 3.05) is 20.2 Å². The van der Waals surface area contributed by atoms with Crippen LogP contribution in [0.25, 0.3) is 10.6 Å². The van der Waals surface area contributed by atoms with E-state index < -0.39 is 0 Å². The Hall–Kier alpha value is -1.92. The molecular formula is C17H21N3O2S. The molecule has 1 aliphatic rings. The molecule has 2 heterocycles. The zero-order valence-electron chi connectivity index (χ0n) is 13.3. The van der Waals surface area contributed by atoms with Crippen molar-refractivity contribution >= 4 is 17.2 Å². The van der Waals surface area contributed by atoms with Crippen molar-refractivity contribution in [2.45, 2.75) is 19.4 Å². The quantitative estimate of drug-likeness (QED) is 0.904. The molecule has 1 aliphatic heterocycles. The van der Waals surface area contributed by atoms with Crippen molar-refractivity contribution in [1.29, 1.82) is 0 Å². The lowest BCUT2D eigenvalue weighted by Gasteiger charge is -2.29. The highest BCUT2D eigenvalue weighted by molar-refractivity contribution is 7.13. The molecule has 5 nitrogen and oxygen atoms in total. The zero-order chi connectivity index (χ0) is 16.2. The van der Waals surface area contributed by atoms with E-state index in [1.54, 1.807) is 7.11 Å². The number of thiazole rings is 1. The lowest BCUT2D eigenvalue weighted by Crippen LogP contribution is -2.48. The summed E-state index contributed by atoms with van der Waals surface area (Å²) in [4.78, 5) is 16.9. The van der Waals surface area contributed by atoms with Gasteiger partial charge >= 0.3 is 0 Å². The monoisotopic (exact) mass is 331 g/mol. The third kappa shape index (κ3) is 3.71. The molecule has 2 unspecified atom stereocenters. The van der Waals surface area contributed by atoms with Crippen molar-refractivity contribution in [3.8, 4) is 16.3 Å². The molecule has 3 rings (SSSR count). The summed E-state index contributed by atoms with van der Waals surface area (Å²) in [5.41, 5.74) is 1.48. The lowest BCUT2D eigenvalue weighted by atomic mass is 9.95. The summed E-state index contributed by atoms with van der Waals surface area (Å²) < 4.78 is 5.16. The first-order valence-corrected chi connectivity index (χ1v) is 8.67. The van der Waals surface area contributed by atoms with E-state index in [1.165, 1.54) is 11.3 Å². The van der Waals surface area contributed by atoms with Gasteiger partial charge in [0.05, 0.1) is 7.11 Å². The normalized spacial score (nSPS) is 21.0. The van der Waals surface area contributed by atoms with Crippen LogP contribution < -0.4 is 15.4 Å². The number of methoxy groups -OCH3 is 1. The molecule has 0 saturated carbocycles. The van der Waals surface area contributed by atoms with Crippen molar-refractivity contribution in [3.63, 3.8) is 0 Å². The number of carbonyl (C=O) groups excluding carboxylic acids is 1. The van der Waals surface area contributed by atoms with E-state index in [0.717, 1.165) is 35.8 Å². The second kappa shape index (κ2) is 7.10. The van der Waals surface area contributed by atoms with Gasteiger partial charge in [-0.1, -0.05) is 6.92 Å². The molecule has 1 aromatic carbocycles. The Morgan fingerprint density at radius 2 is 2.17 bits per heavy atom. The summed E-state index contributed by atoms with van der Waals surface area (Å²) in [7, 11) is 1.64. The summed E-state index contributed by atoms with van der Waals surface area (Å²) in [6.45, 7) is 4.05. The fraction of sp³-hybridized carbons (Fsp3) is 0.412. The minimum Gasteiger partial charge on any atom is -0.497 e. The van der Waals surface area contributed by atoms with Crippen LogP contribution in [0, 0.1) is 5.92 Å². The number of ether oxygens (including phenoxy) is 1. The highest BCUT2D eigenvalue weighted by Gasteiger charge is 2.24. The summed E-state index contributed by atoms with van der Waals surface area (Å²) in [5, 5.41) is 9.11. The topological polar surface area (TPSA) is 63.2 Å². The first kappa shape index (κ1) is 16.0. The van der Waals surface area contributed by atoms with Gasteiger partial charge in [-0.05, 0) is 49.7 Å². The maximum absolute atomic E-state index is 12.4. The average Bonchev–Trinajstić information content (AvgIpc) is 3.07. The Morgan fingerprint density at radius 1 is 1.39 bits per heavy atom. The van der Waals surface area contributed by atoms with E-state index in [-0.39, 0.29) is 11.9 Å². The molecule has 1 aromatic heterocycles. The van der Waals surface area contributed by atoms with Gasteiger partial charge in [0.1, 0.15) is 16.5 Å². The number of benzene rings is 1. The fourth-order valence-electron chi connectivity index (χ4n) is 2.72. The van der Waals surface area contributed by atoms with Gasteiger partial charge in [-0.2, -0.15) is 0 Å². The zero-order valence-corrected chi connectivity index (χ0v) is 14.2. The van der Waals surface area contributed by atoms with Gasteiger partial charge in [0, 0.05) is 17.0 Å². The van der Waals surface area contributed by atoms with Crippen LogP contribution in [0.4, 0.5) is 0 Å². The molecule has 0 radical (unpaired) electrons. The third-order valence-corrected chi connectivity index (χ3v) is 5.07. The Balaban J connectivity index is 1.69. The van der Waals surface area contributed by atoms with Gasteiger partial charge in [0.2, 0.25) is 0 Å². The number of rotatable bonds is 4. The van der Waals surface area contributed by atoms with Crippen LogP contribution in [0.2, 0.25) is 0 Å². The van der Waals surface area contributed by atoms with E-state index in [4.69, 9.17) is 4.74 Å². The number of amides is 1. The summed E-state index contributed by atoms with van der Waals surface area (Å²) >= 11 is 1.48. The number of carbonyl (C=O) groups is 1. The van der Waals surface area contributed by atoms with Gasteiger partial charge in [-0.15, -0.1) is 11.3 Å². The number of aromatic nitrogens is 1. The standard InChI is InChI=1S/C17H21N3O2S/c1-11-9-18-8-7-14(11)19-16(21)15-10-23-17(20-15)12-3-5-13(22-2)6-4-12/h3-6,10-11,14,18H,7-9H2,1-2H3,(H,19,21). The molecule has 0 spiro atoms. The van der Waals surface area contributed by atoms with Crippen molar-refractivity contribution in [2.24, 2.45) is 5.92 Å². The first-order valence-electron chi connectivity index (χ1n) is 7.79. The molecule has 122 valence electrons. The van der Waals surface area contributed by atoms with Gasteiger partial charge in [0.15, 0.2) is 0 Å². The molecule has 2 atom stereocenters.